The van der Waals surface area contributed by atoms with Crippen molar-refractivity contribution in [2.75, 3.05) is 12.0 Å². The van der Waals surface area contributed by atoms with Gasteiger partial charge in [-0.1, -0.05) is 18.2 Å². The van der Waals surface area contributed by atoms with E-state index in [0.29, 0.717) is 27.9 Å². The van der Waals surface area contributed by atoms with Gasteiger partial charge in [-0.2, -0.15) is 0 Å². The number of nitrogens with zero attached hydrogens (tertiary/aromatic N) is 2. The summed E-state index contributed by atoms with van der Waals surface area (Å²) in [5.41, 5.74) is 1.32. The molecule has 1 aliphatic heterocycles. The van der Waals surface area contributed by atoms with Gasteiger partial charge in [-0.15, -0.1) is 0 Å². The highest BCUT2D eigenvalue weighted by Gasteiger charge is 2.37. The summed E-state index contributed by atoms with van der Waals surface area (Å²) in [5, 5.41) is 0.373. The summed E-state index contributed by atoms with van der Waals surface area (Å²) < 4.78 is 10.5. The quantitative estimate of drug-likeness (QED) is 0.489. The molecule has 0 saturated heterocycles. The number of methoxy groups -OCH3 is 1. The zero-order valence-corrected chi connectivity index (χ0v) is 15.8. The molecular formula is C23H14N2O5. The summed E-state index contributed by atoms with van der Waals surface area (Å²) in [6, 6.07) is 18.2. The lowest BCUT2D eigenvalue weighted by atomic mass is 10.1. The van der Waals surface area contributed by atoms with Crippen LogP contribution in [0.2, 0.25) is 0 Å². The van der Waals surface area contributed by atoms with E-state index in [9.17, 15) is 14.4 Å². The minimum Gasteiger partial charge on any atom is -0.497 e. The van der Waals surface area contributed by atoms with E-state index in [1.807, 2.05) is 0 Å². The summed E-state index contributed by atoms with van der Waals surface area (Å²) >= 11 is 0. The first-order chi connectivity index (χ1) is 14.6. The molecule has 5 rings (SSSR count). The van der Waals surface area contributed by atoms with Gasteiger partial charge >= 0.3 is 5.63 Å². The predicted octanol–water partition coefficient (Wildman–Crippen LogP) is 3.66. The number of hydrogen-bond acceptors (Lipinski definition) is 6. The summed E-state index contributed by atoms with van der Waals surface area (Å²) in [6.07, 6.45) is 0. The van der Waals surface area contributed by atoms with Crippen LogP contribution in [0.25, 0.3) is 22.4 Å². The Morgan fingerprint density at radius 1 is 0.867 bits per heavy atom. The van der Waals surface area contributed by atoms with E-state index in [2.05, 4.69) is 4.98 Å². The van der Waals surface area contributed by atoms with Crippen LogP contribution in [-0.2, 0) is 0 Å². The smallest absolute Gasteiger partial charge is 0.347 e. The Bertz CT molecular complexity index is 1410. The first-order valence-electron chi connectivity index (χ1n) is 9.14. The van der Waals surface area contributed by atoms with Crippen LogP contribution >= 0.6 is 0 Å². The van der Waals surface area contributed by atoms with E-state index in [1.165, 1.54) is 13.2 Å². The van der Waals surface area contributed by atoms with E-state index >= 15 is 0 Å². The van der Waals surface area contributed by atoms with Crippen molar-refractivity contribution in [3.05, 3.63) is 88.3 Å². The molecule has 3 aromatic carbocycles. The maximum Gasteiger partial charge on any atom is 0.347 e. The number of benzene rings is 3. The largest absolute Gasteiger partial charge is 0.497 e. The summed E-state index contributed by atoms with van der Waals surface area (Å²) in [6.45, 7) is 0. The van der Waals surface area contributed by atoms with Gasteiger partial charge in [-0.3, -0.25) is 9.59 Å². The molecule has 7 nitrogen and oxygen atoms in total. The van der Waals surface area contributed by atoms with E-state index < -0.39 is 17.4 Å². The van der Waals surface area contributed by atoms with Crippen LogP contribution < -0.4 is 15.3 Å². The third-order valence-corrected chi connectivity index (χ3v) is 4.98. The van der Waals surface area contributed by atoms with Gasteiger partial charge in [0.25, 0.3) is 11.8 Å². The van der Waals surface area contributed by atoms with Crippen LogP contribution in [-0.4, -0.2) is 23.9 Å². The van der Waals surface area contributed by atoms with Crippen LogP contribution in [0, 0.1) is 0 Å². The number of carbonyl (C=O) groups excluding carboxylic acids is 2. The number of fused-ring (bicyclic) bond motifs is 2. The van der Waals surface area contributed by atoms with Gasteiger partial charge < -0.3 is 9.15 Å². The second-order valence-corrected chi connectivity index (χ2v) is 6.73. The van der Waals surface area contributed by atoms with Gasteiger partial charge in [0.2, 0.25) is 5.89 Å². The van der Waals surface area contributed by atoms with Crippen molar-refractivity contribution in [3.63, 3.8) is 0 Å². The lowest BCUT2D eigenvalue weighted by Crippen LogP contribution is -2.29. The van der Waals surface area contributed by atoms with E-state index in [4.69, 9.17) is 9.15 Å². The van der Waals surface area contributed by atoms with Gasteiger partial charge in [-0.05, 0) is 42.5 Å². The molecule has 0 fully saturated rings. The average Bonchev–Trinajstić information content (AvgIpc) is 3.03. The molecule has 0 saturated carbocycles. The van der Waals surface area contributed by atoms with Crippen LogP contribution in [0.3, 0.4) is 0 Å². The average molecular weight is 398 g/mol. The Morgan fingerprint density at radius 2 is 1.67 bits per heavy atom. The molecule has 7 heteroatoms. The molecule has 1 aliphatic rings. The molecule has 0 radical (unpaired) electrons. The van der Waals surface area contributed by atoms with E-state index in [1.54, 1.807) is 60.7 Å². The third kappa shape index (κ3) is 2.68. The maximum absolute atomic E-state index is 13.0. The van der Waals surface area contributed by atoms with E-state index in [0.717, 1.165) is 4.90 Å². The first-order valence-corrected chi connectivity index (χ1v) is 9.14. The number of carbonyl (C=O) groups is 2. The highest BCUT2D eigenvalue weighted by molar-refractivity contribution is 6.34. The fourth-order valence-corrected chi connectivity index (χ4v) is 3.50. The standard InChI is InChI=1S/C23H14N2O5/c1-29-15-6-4-5-14(12-15)25-21(26)16-10-9-13(11-18(16)22(25)27)20-24-19-8-3-2-7-17(19)23(28)30-20/h2-12H,1H3. The molecule has 1 aromatic heterocycles. The van der Waals surface area contributed by atoms with Crippen molar-refractivity contribution in [1.82, 2.24) is 4.98 Å². The topological polar surface area (TPSA) is 89.7 Å². The van der Waals surface area contributed by atoms with Crippen molar-refractivity contribution in [2.24, 2.45) is 0 Å². The zero-order chi connectivity index (χ0) is 20.8. The second-order valence-electron chi connectivity index (χ2n) is 6.73. The van der Waals surface area contributed by atoms with Crippen LogP contribution in [0.4, 0.5) is 5.69 Å². The maximum atomic E-state index is 13.0. The van der Waals surface area contributed by atoms with Crippen LogP contribution in [0.1, 0.15) is 20.7 Å². The molecule has 0 spiro atoms. The number of ether oxygens (including phenoxy) is 1. The van der Waals surface area contributed by atoms with Crippen molar-refractivity contribution in [2.45, 2.75) is 0 Å². The number of rotatable bonds is 3. The predicted molar refractivity (Wildman–Crippen MR) is 110 cm³/mol. The summed E-state index contributed by atoms with van der Waals surface area (Å²) in [4.78, 5) is 43.6. The molecule has 4 aromatic rings. The molecule has 30 heavy (non-hydrogen) atoms. The number of aromatic nitrogens is 1. The number of para-hydroxylation sites is 1. The van der Waals surface area contributed by atoms with Crippen molar-refractivity contribution < 1.29 is 18.7 Å². The number of hydrogen-bond donors (Lipinski definition) is 0. The Morgan fingerprint density at radius 3 is 2.50 bits per heavy atom. The van der Waals surface area contributed by atoms with Crippen molar-refractivity contribution in [1.29, 1.82) is 0 Å². The molecule has 2 amide bonds. The SMILES string of the molecule is COc1cccc(N2C(=O)c3ccc(-c4nc5ccccc5c(=O)o4)cc3C2=O)c1. The number of amides is 2. The van der Waals surface area contributed by atoms with Crippen LogP contribution in [0.5, 0.6) is 5.75 Å². The van der Waals surface area contributed by atoms with Gasteiger partial charge in [0, 0.05) is 11.6 Å². The Labute approximate surface area is 170 Å². The van der Waals surface area contributed by atoms with Gasteiger partial charge in [0.1, 0.15) is 5.75 Å². The molecule has 0 unspecified atom stereocenters. The zero-order valence-electron chi connectivity index (χ0n) is 15.8. The summed E-state index contributed by atoms with van der Waals surface area (Å²) in [5.74, 6) is -0.274. The highest BCUT2D eigenvalue weighted by atomic mass is 16.5. The van der Waals surface area contributed by atoms with E-state index in [-0.39, 0.29) is 17.0 Å². The Hall–Kier alpha value is -4.26. The fraction of sp³-hybridized carbons (Fsp3) is 0.0435. The lowest BCUT2D eigenvalue weighted by Gasteiger charge is -2.14. The molecule has 0 N–H and O–H groups in total. The molecular weight excluding hydrogens is 384 g/mol. The normalized spacial score (nSPS) is 13.0. The minimum atomic E-state index is -0.517. The first kappa shape index (κ1) is 17.8. The molecule has 146 valence electrons. The number of anilines is 1. The fourth-order valence-electron chi connectivity index (χ4n) is 3.50. The second kappa shape index (κ2) is 6.66. The van der Waals surface area contributed by atoms with Crippen LogP contribution in [0.15, 0.2) is 75.9 Å². The third-order valence-electron chi connectivity index (χ3n) is 4.98. The molecule has 0 bridgehead atoms. The lowest BCUT2D eigenvalue weighted by molar-refractivity contribution is 0.0926. The van der Waals surface area contributed by atoms with Gasteiger partial charge in [-0.25, -0.2) is 14.7 Å². The van der Waals surface area contributed by atoms with Gasteiger partial charge in [0.15, 0.2) is 0 Å². The molecule has 2 heterocycles. The monoisotopic (exact) mass is 398 g/mol. The minimum absolute atomic E-state index is 0.0848. The Balaban J connectivity index is 1.59. The van der Waals surface area contributed by atoms with Gasteiger partial charge in [0.05, 0.1) is 34.8 Å². The molecule has 0 aliphatic carbocycles. The summed E-state index contributed by atoms with van der Waals surface area (Å²) in [7, 11) is 1.51. The Kier molecular flexibility index (Phi) is 3.96. The van der Waals surface area contributed by atoms with Crippen molar-refractivity contribution in [3.8, 4) is 17.2 Å². The van der Waals surface area contributed by atoms with Crippen molar-refractivity contribution >= 4 is 28.4 Å². The number of imide groups is 1. The molecule has 0 atom stereocenters. The highest BCUT2D eigenvalue weighted by Crippen LogP contribution is 2.32.